The highest BCUT2D eigenvalue weighted by atomic mass is 79.9. The molecule has 0 bridgehead atoms. The van der Waals surface area contributed by atoms with Crippen molar-refractivity contribution in [2.75, 3.05) is 11.9 Å². The van der Waals surface area contributed by atoms with Gasteiger partial charge in [0.25, 0.3) is 5.91 Å². The number of thiophene rings is 1. The second-order valence-corrected chi connectivity index (χ2v) is 9.31. The Labute approximate surface area is 172 Å². The number of halogens is 1. The van der Waals surface area contributed by atoms with Crippen LogP contribution < -0.4 is 10.1 Å². The monoisotopic (exact) mass is 446 g/mol. The minimum atomic E-state index is -0.252. The molecular formula is C21H23BrN2O2S. The van der Waals surface area contributed by atoms with Crippen molar-refractivity contribution < 1.29 is 9.53 Å². The Bertz CT molecular complexity index is 898. The number of anilines is 1. The van der Waals surface area contributed by atoms with Gasteiger partial charge in [-0.15, -0.1) is 11.3 Å². The Balaban J connectivity index is 1.66. The lowest BCUT2D eigenvalue weighted by atomic mass is 9.89. The Morgan fingerprint density at radius 2 is 2.26 bits per heavy atom. The third-order valence-corrected chi connectivity index (χ3v) is 6.65. The van der Waals surface area contributed by atoms with Crippen molar-refractivity contribution >= 4 is 38.2 Å². The molecule has 0 radical (unpaired) electrons. The van der Waals surface area contributed by atoms with Crippen LogP contribution in [0.25, 0.3) is 0 Å². The highest BCUT2D eigenvalue weighted by molar-refractivity contribution is 9.10. The van der Waals surface area contributed by atoms with Gasteiger partial charge in [-0.05, 0) is 70.3 Å². The van der Waals surface area contributed by atoms with Gasteiger partial charge in [-0.25, -0.2) is 0 Å². The van der Waals surface area contributed by atoms with Crippen molar-refractivity contribution in [1.82, 2.24) is 0 Å². The molecule has 1 heterocycles. The molecule has 0 spiro atoms. The first kappa shape index (κ1) is 19.9. The Morgan fingerprint density at radius 3 is 2.93 bits per heavy atom. The third kappa shape index (κ3) is 4.53. The van der Waals surface area contributed by atoms with Gasteiger partial charge in [0.05, 0.1) is 10.0 Å². The van der Waals surface area contributed by atoms with E-state index >= 15 is 0 Å². The topological polar surface area (TPSA) is 62.1 Å². The van der Waals surface area contributed by atoms with E-state index in [-0.39, 0.29) is 12.5 Å². The number of nitrogens with one attached hydrogen (secondary N) is 1. The summed E-state index contributed by atoms with van der Waals surface area (Å²) < 4.78 is 6.49. The van der Waals surface area contributed by atoms with Crippen LogP contribution in [-0.2, 0) is 17.6 Å². The van der Waals surface area contributed by atoms with Crippen LogP contribution >= 0.6 is 27.3 Å². The van der Waals surface area contributed by atoms with Crippen molar-refractivity contribution in [3.05, 3.63) is 44.2 Å². The van der Waals surface area contributed by atoms with Gasteiger partial charge in [0.1, 0.15) is 16.8 Å². The molecule has 1 unspecified atom stereocenters. The van der Waals surface area contributed by atoms with Gasteiger partial charge in [0, 0.05) is 4.88 Å². The summed E-state index contributed by atoms with van der Waals surface area (Å²) in [5, 5.41) is 13.0. The smallest absolute Gasteiger partial charge is 0.262 e. The summed E-state index contributed by atoms with van der Waals surface area (Å²) in [7, 11) is 0. The number of benzene rings is 1. The van der Waals surface area contributed by atoms with Crippen LogP contribution in [0.1, 0.15) is 54.7 Å². The average molecular weight is 447 g/mol. The molecule has 6 heteroatoms. The van der Waals surface area contributed by atoms with Crippen LogP contribution in [-0.4, -0.2) is 12.5 Å². The Morgan fingerprint density at radius 1 is 1.48 bits per heavy atom. The second-order valence-electron chi connectivity index (χ2n) is 7.35. The summed E-state index contributed by atoms with van der Waals surface area (Å²) in [6, 6.07) is 8.16. The van der Waals surface area contributed by atoms with Gasteiger partial charge in [-0.1, -0.05) is 26.8 Å². The van der Waals surface area contributed by atoms with Gasteiger partial charge < -0.3 is 10.1 Å². The zero-order valence-corrected chi connectivity index (χ0v) is 18.2. The summed E-state index contributed by atoms with van der Waals surface area (Å²) in [6.45, 7) is 6.39. The zero-order valence-electron chi connectivity index (χ0n) is 15.8. The van der Waals surface area contributed by atoms with Crippen molar-refractivity contribution in [2.45, 2.75) is 46.0 Å². The number of nitriles is 1. The molecule has 1 aromatic heterocycles. The van der Waals surface area contributed by atoms with Gasteiger partial charge in [0.2, 0.25) is 0 Å². The number of ether oxygens (including phenoxy) is 1. The van der Waals surface area contributed by atoms with E-state index in [2.05, 4.69) is 48.1 Å². The molecule has 1 aliphatic carbocycles. The SMILES string of the molecule is CC1CCc2c(sc(NC(=O)COc3ccc(C(C)C)cc3Br)c2C#N)C1. The van der Waals surface area contributed by atoms with Crippen molar-refractivity contribution in [1.29, 1.82) is 5.26 Å². The minimum Gasteiger partial charge on any atom is -0.483 e. The van der Waals surface area contributed by atoms with E-state index in [0.717, 1.165) is 29.3 Å². The summed E-state index contributed by atoms with van der Waals surface area (Å²) in [5.74, 6) is 1.43. The molecule has 2 aromatic rings. The van der Waals surface area contributed by atoms with Gasteiger partial charge in [0.15, 0.2) is 6.61 Å². The normalized spacial score (nSPS) is 15.9. The number of fused-ring (bicyclic) bond motifs is 1. The molecule has 0 aliphatic heterocycles. The van der Waals surface area contributed by atoms with Crippen LogP contribution in [0.3, 0.4) is 0 Å². The van der Waals surface area contributed by atoms with Crippen LogP contribution in [0.4, 0.5) is 5.00 Å². The number of carbonyl (C=O) groups excluding carboxylic acids is 1. The fourth-order valence-corrected chi connectivity index (χ4v) is 5.14. The van der Waals surface area contributed by atoms with Crippen LogP contribution in [0, 0.1) is 17.2 Å². The molecule has 1 atom stereocenters. The van der Waals surface area contributed by atoms with Crippen molar-refractivity contribution in [3.63, 3.8) is 0 Å². The quantitative estimate of drug-likeness (QED) is 0.645. The minimum absolute atomic E-state index is 0.0938. The molecule has 0 saturated heterocycles. The highest BCUT2D eigenvalue weighted by Gasteiger charge is 2.24. The number of carbonyl (C=O) groups is 1. The lowest BCUT2D eigenvalue weighted by molar-refractivity contribution is -0.118. The first-order valence-corrected chi connectivity index (χ1v) is 10.8. The number of nitrogens with zero attached hydrogens (tertiary/aromatic N) is 1. The molecule has 27 heavy (non-hydrogen) atoms. The predicted molar refractivity (Wildman–Crippen MR) is 113 cm³/mol. The van der Waals surface area contributed by atoms with Crippen molar-refractivity contribution in [2.24, 2.45) is 5.92 Å². The maximum atomic E-state index is 12.4. The number of hydrogen-bond donors (Lipinski definition) is 1. The number of hydrogen-bond acceptors (Lipinski definition) is 4. The van der Waals surface area contributed by atoms with Crippen LogP contribution in [0.5, 0.6) is 5.75 Å². The molecule has 4 nitrogen and oxygen atoms in total. The standard InChI is InChI=1S/C21H23BrN2O2S/c1-12(2)14-5-7-18(17(22)9-14)26-11-20(25)24-21-16(10-23)15-6-4-13(3)8-19(15)27-21/h5,7,9,12-13H,4,6,8,11H2,1-3H3,(H,24,25). The number of amides is 1. The fraction of sp³-hybridized carbons (Fsp3) is 0.429. The Kier molecular flexibility index (Phi) is 6.23. The largest absolute Gasteiger partial charge is 0.483 e. The first-order chi connectivity index (χ1) is 12.9. The average Bonchev–Trinajstić information content (AvgIpc) is 2.96. The van der Waals surface area contributed by atoms with Crippen LogP contribution in [0.15, 0.2) is 22.7 Å². The maximum absolute atomic E-state index is 12.4. The van der Waals surface area contributed by atoms with E-state index in [1.807, 2.05) is 18.2 Å². The van der Waals surface area contributed by atoms with E-state index in [1.165, 1.54) is 21.8 Å². The summed E-state index contributed by atoms with van der Waals surface area (Å²) >= 11 is 5.03. The van der Waals surface area contributed by atoms with Gasteiger partial charge >= 0.3 is 0 Å². The van der Waals surface area contributed by atoms with E-state index in [1.54, 1.807) is 0 Å². The van der Waals surface area contributed by atoms with Gasteiger partial charge in [-0.2, -0.15) is 5.26 Å². The Hall–Kier alpha value is -1.84. The summed E-state index contributed by atoms with van der Waals surface area (Å²) in [4.78, 5) is 13.6. The summed E-state index contributed by atoms with van der Waals surface area (Å²) in [5.41, 5.74) is 2.94. The molecule has 142 valence electrons. The van der Waals surface area contributed by atoms with Crippen LogP contribution in [0.2, 0.25) is 0 Å². The number of rotatable bonds is 5. The zero-order chi connectivity index (χ0) is 19.6. The first-order valence-electron chi connectivity index (χ1n) is 9.15. The van der Waals surface area contributed by atoms with E-state index in [9.17, 15) is 10.1 Å². The van der Waals surface area contributed by atoms with E-state index in [4.69, 9.17) is 4.74 Å². The second kappa shape index (κ2) is 8.45. The predicted octanol–water partition coefficient (Wildman–Crippen LogP) is 5.65. The van der Waals surface area contributed by atoms with Crippen molar-refractivity contribution in [3.8, 4) is 11.8 Å². The molecule has 1 amide bonds. The van der Waals surface area contributed by atoms with E-state index < -0.39 is 0 Å². The molecule has 3 rings (SSSR count). The lowest BCUT2D eigenvalue weighted by Gasteiger charge is -2.17. The molecule has 0 fully saturated rings. The van der Waals surface area contributed by atoms with Gasteiger partial charge in [-0.3, -0.25) is 4.79 Å². The summed E-state index contributed by atoms with van der Waals surface area (Å²) in [6.07, 6.45) is 2.99. The molecule has 1 aliphatic rings. The molecule has 0 saturated carbocycles. The van der Waals surface area contributed by atoms with E-state index in [0.29, 0.717) is 28.1 Å². The molecule has 1 N–H and O–H groups in total. The maximum Gasteiger partial charge on any atom is 0.262 e. The highest BCUT2D eigenvalue weighted by Crippen LogP contribution is 2.39. The molecular weight excluding hydrogens is 424 g/mol. The third-order valence-electron chi connectivity index (χ3n) is 4.86. The molecule has 1 aromatic carbocycles. The lowest BCUT2D eigenvalue weighted by Crippen LogP contribution is -2.20. The fourth-order valence-electron chi connectivity index (χ4n) is 3.26.